The highest BCUT2D eigenvalue weighted by atomic mass is 16.5. The van der Waals surface area contributed by atoms with Crippen molar-refractivity contribution >= 4 is 6.08 Å². The molecule has 70 valence electrons. The van der Waals surface area contributed by atoms with E-state index in [1.54, 1.807) is 12.3 Å². The molecule has 3 heteroatoms. The van der Waals surface area contributed by atoms with E-state index in [2.05, 4.69) is 5.32 Å². The SMILES string of the molecule is CNCC/C=C/c1ccc[n+]([O-])c1. The van der Waals surface area contributed by atoms with Crippen molar-refractivity contribution in [2.45, 2.75) is 6.42 Å². The van der Waals surface area contributed by atoms with Crippen LogP contribution in [-0.2, 0) is 0 Å². The second-order valence-electron chi connectivity index (χ2n) is 2.79. The minimum Gasteiger partial charge on any atom is -0.619 e. The zero-order chi connectivity index (χ0) is 9.52. The second kappa shape index (κ2) is 5.32. The minimum atomic E-state index is 0.803. The van der Waals surface area contributed by atoms with Crippen LogP contribution in [0.2, 0.25) is 0 Å². The van der Waals surface area contributed by atoms with Crippen LogP contribution in [-0.4, -0.2) is 13.6 Å². The average molecular weight is 178 g/mol. The van der Waals surface area contributed by atoms with Crippen molar-refractivity contribution in [3.63, 3.8) is 0 Å². The van der Waals surface area contributed by atoms with Crippen molar-refractivity contribution in [2.24, 2.45) is 0 Å². The molecule has 0 aliphatic rings. The molecule has 3 nitrogen and oxygen atoms in total. The summed E-state index contributed by atoms with van der Waals surface area (Å²) in [5.74, 6) is 0. The minimum absolute atomic E-state index is 0.803. The highest BCUT2D eigenvalue weighted by molar-refractivity contribution is 5.46. The Bertz CT molecular complexity index is 284. The molecule has 1 rings (SSSR count). The first kappa shape index (κ1) is 9.74. The summed E-state index contributed by atoms with van der Waals surface area (Å²) >= 11 is 0. The Balaban J connectivity index is 2.48. The molecule has 0 saturated carbocycles. The second-order valence-corrected chi connectivity index (χ2v) is 2.79. The van der Waals surface area contributed by atoms with Gasteiger partial charge in [-0.05, 0) is 26.1 Å². The van der Waals surface area contributed by atoms with Gasteiger partial charge in [-0.15, -0.1) is 0 Å². The summed E-state index contributed by atoms with van der Waals surface area (Å²) in [5, 5.41) is 13.9. The summed E-state index contributed by atoms with van der Waals surface area (Å²) < 4.78 is 0.803. The molecule has 1 aromatic heterocycles. The maximum atomic E-state index is 10.8. The molecule has 0 spiro atoms. The normalized spacial score (nSPS) is 10.8. The highest BCUT2D eigenvalue weighted by Crippen LogP contribution is 1.98. The standard InChI is InChI=1S/C10H14N2O/c1-11-7-3-2-5-10-6-4-8-12(13)9-10/h2,4-6,8-9,11H,3,7H2,1H3/b5-2+. The molecule has 0 aliphatic heterocycles. The molecule has 0 bridgehead atoms. The molecule has 0 amide bonds. The first-order valence-corrected chi connectivity index (χ1v) is 4.33. The third kappa shape index (κ3) is 3.71. The van der Waals surface area contributed by atoms with Gasteiger partial charge in [0.05, 0.1) is 0 Å². The van der Waals surface area contributed by atoms with E-state index in [-0.39, 0.29) is 0 Å². The van der Waals surface area contributed by atoms with Crippen LogP contribution in [0.1, 0.15) is 12.0 Å². The Morgan fingerprint density at radius 1 is 1.62 bits per heavy atom. The lowest BCUT2D eigenvalue weighted by atomic mass is 10.2. The monoisotopic (exact) mass is 178 g/mol. The summed E-state index contributed by atoms with van der Waals surface area (Å²) in [5.41, 5.74) is 0.939. The number of hydrogen-bond acceptors (Lipinski definition) is 2. The summed E-state index contributed by atoms with van der Waals surface area (Å²) in [7, 11) is 1.92. The molecule has 1 aromatic rings. The molecule has 0 aliphatic carbocycles. The fraction of sp³-hybridized carbons (Fsp3) is 0.300. The van der Waals surface area contributed by atoms with Crippen LogP contribution in [0.25, 0.3) is 6.08 Å². The molecule has 0 saturated heterocycles. The quantitative estimate of drug-likeness (QED) is 0.423. The van der Waals surface area contributed by atoms with Crippen molar-refractivity contribution in [1.29, 1.82) is 0 Å². The molecule has 0 atom stereocenters. The summed E-state index contributed by atoms with van der Waals surface area (Å²) in [6, 6.07) is 3.65. The third-order valence-corrected chi connectivity index (χ3v) is 1.67. The predicted molar refractivity (Wildman–Crippen MR) is 53.0 cm³/mol. The van der Waals surface area contributed by atoms with Gasteiger partial charge in [-0.1, -0.05) is 12.2 Å². The van der Waals surface area contributed by atoms with E-state index in [0.717, 1.165) is 23.3 Å². The van der Waals surface area contributed by atoms with Gasteiger partial charge in [-0.25, -0.2) is 0 Å². The molecule has 1 N–H and O–H groups in total. The molecule has 0 unspecified atom stereocenters. The number of nitrogens with one attached hydrogen (secondary N) is 1. The highest BCUT2D eigenvalue weighted by Gasteiger charge is 1.90. The maximum Gasteiger partial charge on any atom is 0.187 e. The fourth-order valence-corrected chi connectivity index (χ4v) is 1.02. The number of nitrogens with zero attached hydrogens (tertiary/aromatic N) is 1. The first-order valence-electron chi connectivity index (χ1n) is 4.33. The topological polar surface area (TPSA) is 39.0 Å². The van der Waals surface area contributed by atoms with Gasteiger partial charge in [0.15, 0.2) is 12.4 Å². The van der Waals surface area contributed by atoms with E-state index in [1.165, 1.54) is 6.20 Å². The molecule has 0 aromatic carbocycles. The molecule has 1 heterocycles. The van der Waals surface area contributed by atoms with Gasteiger partial charge in [-0.3, -0.25) is 0 Å². The van der Waals surface area contributed by atoms with E-state index in [9.17, 15) is 5.21 Å². The van der Waals surface area contributed by atoms with E-state index < -0.39 is 0 Å². The summed E-state index contributed by atoms with van der Waals surface area (Å²) in [4.78, 5) is 0. The third-order valence-electron chi connectivity index (χ3n) is 1.67. The maximum absolute atomic E-state index is 10.8. The molecule has 13 heavy (non-hydrogen) atoms. The average Bonchev–Trinajstić information content (AvgIpc) is 2.13. The van der Waals surface area contributed by atoms with Crippen LogP contribution in [0, 0.1) is 5.21 Å². The lowest BCUT2D eigenvalue weighted by Crippen LogP contribution is -2.24. The van der Waals surface area contributed by atoms with Crippen LogP contribution in [0.4, 0.5) is 0 Å². The van der Waals surface area contributed by atoms with Gasteiger partial charge in [-0.2, -0.15) is 4.73 Å². The van der Waals surface area contributed by atoms with Crippen LogP contribution >= 0.6 is 0 Å². The van der Waals surface area contributed by atoms with Crippen LogP contribution in [0.15, 0.2) is 30.6 Å². The van der Waals surface area contributed by atoms with Gasteiger partial charge in [0.1, 0.15) is 0 Å². The van der Waals surface area contributed by atoms with Crippen LogP contribution < -0.4 is 10.0 Å². The van der Waals surface area contributed by atoms with Crippen LogP contribution in [0.5, 0.6) is 0 Å². The Kier molecular flexibility index (Phi) is 3.99. The Morgan fingerprint density at radius 2 is 2.46 bits per heavy atom. The fourth-order valence-electron chi connectivity index (χ4n) is 1.02. The zero-order valence-corrected chi connectivity index (χ0v) is 7.73. The number of pyridine rings is 1. The Hall–Kier alpha value is -1.35. The largest absolute Gasteiger partial charge is 0.619 e. The Morgan fingerprint density at radius 3 is 3.15 bits per heavy atom. The summed E-state index contributed by atoms with van der Waals surface area (Å²) in [6.07, 6.45) is 8.00. The predicted octanol–water partition coefficient (Wildman–Crippen LogP) is 0.943. The Labute approximate surface area is 78.3 Å². The number of hydrogen-bond donors (Lipinski definition) is 1. The summed E-state index contributed by atoms with van der Waals surface area (Å²) in [6.45, 7) is 0.959. The molecular formula is C10H14N2O. The van der Waals surface area contributed by atoms with E-state index >= 15 is 0 Å². The lowest BCUT2D eigenvalue weighted by Gasteiger charge is -1.95. The smallest absolute Gasteiger partial charge is 0.187 e. The van der Waals surface area contributed by atoms with E-state index in [4.69, 9.17) is 0 Å². The molecule has 0 fully saturated rings. The van der Waals surface area contributed by atoms with Crippen LogP contribution in [0.3, 0.4) is 0 Å². The van der Waals surface area contributed by atoms with Crippen molar-refractivity contribution < 1.29 is 4.73 Å². The van der Waals surface area contributed by atoms with Crippen molar-refractivity contribution in [3.8, 4) is 0 Å². The van der Waals surface area contributed by atoms with Gasteiger partial charge < -0.3 is 10.5 Å². The zero-order valence-electron chi connectivity index (χ0n) is 7.73. The van der Waals surface area contributed by atoms with Gasteiger partial charge in [0.2, 0.25) is 0 Å². The number of aromatic nitrogens is 1. The van der Waals surface area contributed by atoms with Crippen molar-refractivity contribution in [3.05, 3.63) is 41.4 Å². The first-order chi connectivity index (χ1) is 6.33. The van der Waals surface area contributed by atoms with E-state index in [0.29, 0.717) is 0 Å². The lowest BCUT2D eigenvalue weighted by molar-refractivity contribution is -0.605. The number of rotatable bonds is 4. The molecular weight excluding hydrogens is 164 g/mol. The van der Waals surface area contributed by atoms with Gasteiger partial charge >= 0.3 is 0 Å². The van der Waals surface area contributed by atoms with Gasteiger partial charge in [0, 0.05) is 11.6 Å². The van der Waals surface area contributed by atoms with Gasteiger partial charge in [0.25, 0.3) is 0 Å². The van der Waals surface area contributed by atoms with Crippen molar-refractivity contribution in [2.75, 3.05) is 13.6 Å². The van der Waals surface area contributed by atoms with E-state index in [1.807, 2.05) is 25.3 Å². The molecule has 0 radical (unpaired) electrons. The van der Waals surface area contributed by atoms with Crippen molar-refractivity contribution in [1.82, 2.24) is 5.32 Å².